The lowest BCUT2D eigenvalue weighted by molar-refractivity contribution is -0.138. The Labute approximate surface area is 153 Å². The van der Waals surface area contributed by atoms with Gasteiger partial charge in [-0.3, -0.25) is 4.79 Å². The van der Waals surface area contributed by atoms with Crippen molar-refractivity contribution in [1.82, 2.24) is 9.80 Å². The lowest BCUT2D eigenvalue weighted by atomic mass is 9.84. The zero-order chi connectivity index (χ0) is 17.6. The number of benzene rings is 1. The van der Waals surface area contributed by atoms with Crippen molar-refractivity contribution in [2.45, 2.75) is 52.4 Å². The highest BCUT2D eigenvalue weighted by Crippen LogP contribution is 2.29. The zero-order valence-electron chi connectivity index (χ0n) is 16.0. The summed E-state index contributed by atoms with van der Waals surface area (Å²) < 4.78 is 0. The summed E-state index contributed by atoms with van der Waals surface area (Å²) in [7, 11) is 0. The highest BCUT2D eigenvalue weighted by molar-refractivity contribution is 5.79. The van der Waals surface area contributed by atoms with Gasteiger partial charge in [0.05, 0.1) is 0 Å². The number of amides is 1. The maximum Gasteiger partial charge on any atom is 0.225 e. The summed E-state index contributed by atoms with van der Waals surface area (Å²) in [5, 5.41) is 0. The molecule has 0 unspecified atom stereocenters. The molecular formula is C22H34N2O. The van der Waals surface area contributed by atoms with Gasteiger partial charge in [-0.1, -0.05) is 30.7 Å². The van der Waals surface area contributed by atoms with Crippen LogP contribution in [0.25, 0.3) is 0 Å². The summed E-state index contributed by atoms with van der Waals surface area (Å²) >= 11 is 0. The van der Waals surface area contributed by atoms with E-state index in [1.165, 1.54) is 43.5 Å². The maximum absolute atomic E-state index is 12.5. The first-order valence-electron chi connectivity index (χ1n) is 10.2. The average Bonchev–Trinajstić information content (AvgIpc) is 2.58. The van der Waals surface area contributed by atoms with E-state index in [1.54, 1.807) is 0 Å². The molecule has 1 aromatic rings. The second kappa shape index (κ2) is 8.84. The van der Waals surface area contributed by atoms with E-state index >= 15 is 0 Å². The molecule has 1 aliphatic heterocycles. The van der Waals surface area contributed by atoms with Crippen LogP contribution in [0.3, 0.4) is 0 Å². The fourth-order valence-electron chi connectivity index (χ4n) is 4.16. The van der Waals surface area contributed by atoms with E-state index in [1.807, 2.05) is 0 Å². The normalized spacial score (nSPS) is 19.6. The number of hydrogen-bond donors (Lipinski definition) is 0. The third-order valence-corrected chi connectivity index (χ3v) is 6.29. The second-order valence-corrected chi connectivity index (χ2v) is 7.97. The van der Waals surface area contributed by atoms with Crippen molar-refractivity contribution in [3.05, 3.63) is 35.4 Å². The smallest absolute Gasteiger partial charge is 0.225 e. The van der Waals surface area contributed by atoms with E-state index in [2.05, 4.69) is 47.9 Å². The number of piperidine rings is 1. The fraction of sp³-hybridized carbons (Fsp3) is 0.682. The summed E-state index contributed by atoms with van der Waals surface area (Å²) in [6.07, 6.45) is 7.11. The van der Waals surface area contributed by atoms with Gasteiger partial charge in [-0.2, -0.15) is 0 Å². The van der Waals surface area contributed by atoms with Gasteiger partial charge in [-0.15, -0.1) is 0 Å². The third kappa shape index (κ3) is 4.84. The van der Waals surface area contributed by atoms with Crippen molar-refractivity contribution in [1.29, 1.82) is 0 Å². The standard InChI is InChI=1S/C22H34N2O/c1-3-24(22(25)21-9-6-10-21)17-19-11-14-23(15-12-19)16-13-20-8-5-4-7-18(20)2/h4-5,7-8,19,21H,3,6,9-17H2,1-2H3. The molecule has 1 heterocycles. The van der Waals surface area contributed by atoms with Crippen LogP contribution in [0, 0.1) is 18.8 Å². The predicted molar refractivity (Wildman–Crippen MR) is 104 cm³/mol. The van der Waals surface area contributed by atoms with Gasteiger partial charge in [0.1, 0.15) is 0 Å². The molecule has 1 saturated heterocycles. The van der Waals surface area contributed by atoms with Gasteiger partial charge in [0.15, 0.2) is 0 Å². The number of hydrogen-bond acceptors (Lipinski definition) is 2. The third-order valence-electron chi connectivity index (χ3n) is 6.29. The van der Waals surface area contributed by atoms with Crippen LogP contribution in [0.1, 0.15) is 50.2 Å². The maximum atomic E-state index is 12.5. The lowest BCUT2D eigenvalue weighted by Gasteiger charge is -2.37. The van der Waals surface area contributed by atoms with Crippen LogP contribution < -0.4 is 0 Å². The first-order valence-corrected chi connectivity index (χ1v) is 10.2. The molecule has 1 aromatic carbocycles. The van der Waals surface area contributed by atoms with Crippen LogP contribution in [0.5, 0.6) is 0 Å². The molecule has 0 N–H and O–H groups in total. The minimum atomic E-state index is 0.342. The molecule has 0 radical (unpaired) electrons. The Morgan fingerprint density at radius 3 is 2.48 bits per heavy atom. The highest BCUT2D eigenvalue weighted by atomic mass is 16.2. The average molecular weight is 343 g/mol. The largest absolute Gasteiger partial charge is 0.342 e. The Morgan fingerprint density at radius 2 is 1.88 bits per heavy atom. The molecule has 0 spiro atoms. The van der Waals surface area contributed by atoms with E-state index in [-0.39, 0.29) is 0 Å². The minimum absolute atomic E-state index is 0.342. The van der Waals surface area contributed by atoms with Crippen LogP contribution in [-0.4, -0.2) is 48.4 Å². The van der Waals surface area contributed by atoms with Crippen LogP contribution in [0.4, 0.5) is 0 Å². The molecule has 3 heteroatoms. The van der Waals surface area contributed by atoms with Gasteiger partial charge >= 0.3 is 0 Å². The molecule has 2 aliphatic rings. The van der Waals surface area contributed by atoms with Crippen LogP contribution in [0.2, 0.25) is 0 Å². The Kier molecular flexibility index (Phi) is 6.52. The van der Waals surface area contributed by atoms with Crippen LogP contribution >= 0.6 is 0 Å². The monoisotopic (exact) mass is 342 g/mol. The van der Waals surface area contributed by atoms with E-state index in [0.717, 1.165) is 38.9 Å². The first kappa shape index (κ1) is 18.4. The molecule has 3 nitrogen and oxygen atoms in total. The van der Waals surface area contributed by atoms with Gasteiger partial charge < -0.3 is 9.80 Å². The number of aryl methyl sites for hydroxylation is 1. The summed E-state index contributed by atoms with van der Waals surface area (Å²) in [5.74, 6) is 1.46. The summed E-state index contributed by atoms with van der Waals surface area (Å²) in [6, 6.07) is 8.73. The molecule has 1 amide bonds. The van der Waals surface area contributed by atoms with Crippen molar-refractivity contribution in [3.8, 4) is 0 Å². The summed E-state index contributed by atoms with van der Waals surface area (Å²) in [4.78, 5) is 17.2. The van der Waals surface area contributed by atoms with Crippen molar-refractivity contribution >= 4 is 5.91 Å². The van der Waals surface area contributed by atoms with Crippen molar-refractivity contribution in [2.24, 2.45) is 11.8 Å². The lowest BCUT2D eigenvalue weighted by Crippen LogP contribution is -2.44. The highest BCUT2D eigenvalue weighted by Gasteiger charge is 2.30. The number of carbonyl (C=O) groups excluding carboxylic acids is 1. The van der Waals surface area contributed by atoms with Crippen molar-refractivity contribution < 1.29 is 4.79 Å². The molecule has 0 aromatic heterocycles. The van der Waals surface area contributed by atoms with Crippen molar-refractivity contribution in [2.75, 3.05) is 32.7 Å². The molecule has 0 atom stereocenters. The number of likely N-dealkylation sites (tertiary alicyclic amines) is 1. The molecule has 25 heavy (non-hydrogen) atoms. The molecular weight excluding hydrogens is 308 g/mol. The fourth-order valence-corrected chi connectivity index (χ4v) is 4.16. The Hall–Kier alpha value is -1.35. The van der Waals surface area contributed by atoms with Gasteiger partial charge in [0.25, 0.3) is 0 Å². The SMILES string of the molecule is CCN(CC1CCN(CCc2ccccc2C)CC1)C(=O)C1CCC1. The van der Waals surface area contributed by atoms with Gasteiger partial charge in [0.2, 0.25) is 5.91 Å². The van der Waals surface area contributed by atoms with Gasteiger partial charge in [-0.05, 0) is 76.1 Å². The molecule has 0 bridgehead atoms. The second-order valence-electron chi connectivity index (χ2n) is 7.97. The number of rotatable bonds is 7. The van der Waals surface area contributed by atoms with Crippen molar-refractivity contribution in [3.63, 3.8) is 0 Å². The van der Waals surface area contributed by atoms with E-state index in [9.17, 15) is 4.79 Å². The molecule has 3 rings (SSSR count). The Morgan fingerprint density at radius 1 is 1.16 bits per heavy atom. The molecule has 1 saturated carbocycles. The zero-order valence-corrected chi connectivity index (χ0v) is 16.0. The van der Waals surface area contributed by atoms with E-state index < -0.39 is 0 Å². The van der Waals surface area contributed by atoms with Gasteiger partial charge in [0, 0.05) is 25.6 Å². The topological polar surface area (TPSA) is 23.6 Å². The Bertz CT molecular complexity index is 559. The number of nitrogens with zero attached hydrogens (tertiary/aromatic N) is 2. The molecule has 2 fully saturated rings. The minimum Gasteiger partial charge on any atom is -0.342 e. The van der Waals surface area contributed by atoms with E-state index in [4.69, 9.17) is 0 Å². The van der Waals surface area contributed by atoms with E-state index in [0.29, 0.717) is 17.7 Å². The van der Waals surface area contributed by atoms with Crippen LogP contribution in [0.15, 0.2) is 24.3 Å². The summed E-state index contributed by atoms with van der Waals surface area (Å²) in [6.45, 7) is 9.74. The summed E-state index contributed by atoms with van der Waals surface area (Å²) in [5.41, 5.74) is 2.89. The number of carbonyl (C=O) groups is 1. The quantitative estimate of drug-likeness (QED) is 0.750. The molecule has 138 valence electrons. The predicted octanol–water partition coefficient (Wildman–Crippen LogP) is 3.90. The van der Waals surface area contributed by atoms with Gasteiger partial charge in [-0.25, -0.2) is 0 Å². The first-order chi connectivity index (χ1) is 12.2. The molecule has 1 aliphatic carbocycles. The Balaban J connectivity index is 1.40. The van der Waals surface area contributed by atoms with Crippen LogP contribution in [-0.2, 0) is 11.2 Å².